The Hall–Kier alpha value is -3.16. The van der Waals surface area contributed by atoms with Gasteiger partial charge in [0.25, 0.3) is 0 Å². The zero-order valence-corrected chi connectivity index (χ0v) is 16.6. The van der Waals surface area contributed by atoms with Gasteiger partial charge in [-0.15, -0.1) is 5.10 Å². The number of amidine groups is 1. The quantitative estimate of drug-likeness (QED) is 0.266. The Morgan fingerprint density at radius 1 is 1.33 bits per heavy atom. The molecule has 1 aromatic carbocycles. The lowest BCUT2D eigenvalue weighted by molar-refractivity contribution is 0.0327. The molecule has 0 spiro atoms. The Bertz CT molecular complexity index is 1050. The van der Waals surface area contributed by atoms with E-state index in [4.69, 9.17) is 21.0 Å². The number of aromatic nitrogens is 6. The summed E-state index contributed by atoms with van der Waals surface area (Å²) in [5, 5.41) is 32.3. The molecule has 0 bridgehead atoms. The lowest BCUT2D eigenvalue weighted by atomic mass is 10.2. The molecule has 3 heterocycles. The SMILES string of the molecule is CN(C(=NO)c1nonc1-n1nnnc1CN1CCOCC1)c1ccc(F)c(Cl)c1. The van der Waals surface area contributed by atoms with Crippen molar-refractivity contribution < 1.29 is 19.0 Å². The largest absolute Gasteiger partial charge is 0.409 e. The maximum atomic E-state index is 13.5. The minimum Gasteiger partial charge on any atom is -0.409 e. The summed E-state index contributed by atoms with van der Waals surface area (Å²) in [7, 11) is 1.59. The highest BCUT2D eigenvalue weighted by molar-refractivity contribution is 6.31. The van der Waals surface area contributed by atoms with Gasteiger partial charge in [-0.25, -0.2) is 9.02 Å². The molecule has 3 aromatic rings. The number of benzene rings is 1. The first-order valence-corrected chi connectivity index (χ1v) is 9.27. The van der Waals surface area contributed by atoms with Crippen LogP contribution in [0.15, 0.2) is 28.0 Å². The molecule has 0 radical (unpaired) electrons. The van der Waals surface area contributed by atoms with Crippen molar-refractivity contribution in [3.05, 3.63) is 40.6 Å². The summed E-state index contributed by atoms with van der Waals surface area (Å²) in [6.45, 7) is 3.20. The second-order valence-corrected chi connectivity index (χ2v) is 6.82. The van der Waals surface area contributed by atoms with Crippen molar-refractivity contribution in [1.29, 1.82) is 0 Å². The van der Waals surface area contributed by atoms with Crippen LogP contribution in [0.2, 0.25) is 5.02 Å². The average Bonchev–Trinajstić information content (AvgIpc) is 3.40. The number of nitrogens with zero attached hydrogens (tertiary/aromatic N) is 9. The molecule has 4 rings (SSSR count). The van der Waals surface area contributed by atoms with Crippen LogP contribution in [0.3, 0.4) is 0 Å². The molecule has 1 aliphatic heterocycles. The molecule has 1 saturated heterocycles. The van der Waals surface area contributed by atoms with E-state index in [2.05, 4.69) is 35.9 Å². The topological polar surface area (TPSA) is 131 Å². The predicted octanol–water partition coefficient (Wildman–Crippen LogP) is 0.942. The van der Waals surface area contributed by atoms with Crippen LogP contribution < -0.4 is 4.90 Å². The molecule has 0 amide bonds. The van der Waals surface area contributed by atoms with E-state index in [1.165, 1.54) is 27.8 Å². The summed E-state index contributed by atoms with van der Waals surface area (Å²) in [6, 6.07) is 4.06. The molecular formula is C16H17ClFN9O3. The smallest absolute Gasteiger partial charge is 0.232 e. The van der Waals surface area contributed by atoms with Gasteiger partial charge < -0.3 is 14.8 Å². The Balaban J connectivity index is 1.64. The van der Waals surface area contributed by atoms with E-state index in [0.717, 1.165) is 13.1 Å². The van der Waals surface area contributed by atoms with Gasteiger partial charge in [-0.3, -0.25) is 4.90 Å². The van der Waals surface area contributed by atoms with Gasteiger partial charge in [0.2, 0.25) is 11.7 Å². The van der Waals surface area contributed by atoms with Crippen molar-refractivity contribution in [2.75, 3.05) is 38.3 Å². The monoisotopic (exact) mass is 437 g/mol. The van der Waals surface area contributed by atoms with Gasteiger partial charge in [0.1, 0.15) is 5.82 Å². The lowest BCUT2D eigenvalue weighted by Crippen LogP contribution is -2.36. The third kappa shape index (κ3) is 3.94. The van der Waals surface area contributed by atoms with Crippen LogP contribution in [0, 0.1) is 5.82 Å². The van der Waals surface area contributed by atoms with Gasteiger partial charge in [0, 0.05) is 25.8 Å². The molecule has 1 aliphatic rings. The Morgan fingerprint density at radius 2 is 2.13 bits per heavy atom. The molecule has 2 aromatic heterocycles. The van der Waals surface area contributed by atoms with Crippen LogP contribution in [-0.2, 0) is 11.3 Å². The second kappa shape index (κ2) is 8.69. The molecule has 158 valence electrons. The number of hydrogen-bond donors (Lipinski definition) is 1. The zero-order valence-electron chi connectivity index (χ0n) is 15.8. The van der Waals surface area contributed by atoms with E-state index in [-0.39, 0.29) is 22.4 Å². The van der Waals surface area contributed by atoms with Gasteiger partial charge in [-0.1, -0.05) is 16.8 Å². The number of ether oxygens (including phenoxy) is 1. The summed E-state index contributed by atoms with van der Waals surface area (Å²) in [5.41, 5.74) is 0.532. The van der Waals surface area contributed by atoms with Crippen LogP contribution in [-0.4, -0.2) is 79.8 Å². The molecule has 0 saturated carbocycles. The summed E-state index contributed by atoms with van der Waals surface area (Å²) < 4.78 is 25.1. The van der Waals surface area contributed by atoms with Crippen LogP contribution in [0.25, 0.3) is 5.82 Å². The van der Waals surface area contributed by atoms with Crippen molar-refractivity contribution in [3.8, 4) is 5.82 Å². The fourth-order valence-corrected chi connectivity index (χ4v) is 3.16. The fourth-order valence-electron chi connectivity index (χ4n) is 2.98. The Kier molecular flexibility index (Phi) is 5.83. The first-order chi connectivity index (χ1) is 14.6. The van der Waals surface area contributed by atoms with Crippen molar-refractivity contribution in [2.24, 2.45) is 5.16 Å². The highest BCUT2D eigenvalue weighted by Gasteiger charge is 2.27. The normalized spacial score (nSPS) is 15.5. The molecule has 0 aliphatic carbocycles. The number of anilines is 1. The Labute approximate surface area is 174 Å². The molecule has 30 heavy (non-hydrogen) atoms. The van der Waals surface area contributed by atoms with Crippen LogP contribution in [0.5, 0.6) is 0 Å². The molecule has 12 nitrogen and oxygen atoms in total. The molecule has 1 N–H and O–H groups in total. The summed E-state index contributed by atoms with van der Waals surface area (Å²) in [4.78, 5) is 3.58. The van der Waals surface area contributed by atoms with Crippen molar-refractivity contribution in [3.63, 3.8) is 0 Å². The van der Waals surface area contributed by atoms with Gasteiger partial charge >= 0.3 is 0 Å². The summed E-state index contributed by atoms with van der Waals surface area (Å²) >= 11 is 5.86. The first kappa shape index (κ1) is 20.1. The van der Waals surface area contributed by atoms with Crippen molar-refractivity contribution in [2.45, 2.75) is 6.54 Å². The van der Waals surface area contributed by atoms with E-state index >= 15 is 0 Å². The van der Waals surface area contributed by atoms with E-state index in [1.54, 1.807) is 7.05 Å². The standard InChI is InChI=1S/C16H17ClFN9O3/c1-25(10-2-3-12(18)11(17)8-10)15(20-28)14-16(22-30-21-14)27-13(19-23-24-27)9-26-4-6-29-7-5-26/h2-3,8,28H,4-7,9H2,1H3. The summed E-state index contributed by atoms with van der Waals surface area (Å²) in [5.74, 6) is 0.0398. The van der Waals surface area contributed by atoms with Crippen LogP contribution in [0.1, 0.15) is 11.5 Å². The number of rotatable bonds is 5. The number of oxime groups is 1. The van der Waals surface area contributed by atoms with E-state index in [9.17, 15) is 9.60 Å². The van der Waals surface area contributed by atoms with Crippen LogP contribution in [0.4, 0.5) is 10.1 Å². The van der Waals surface area contributed by atoms with E-state index < -0.39 is 5.82 Å². The van der Waals surface area contributed by atoms with Gasteiger partial charge in [-0.2, -0.15) is 4.68 Å². The lowest BCUT2D eigenvalue weighted by Gasteiger charge is -2.25. The first-order valence-electron chi connectivity index (χ1n) is 8.90. The number of halogens is 2. The van der Waals surface area contributed by atoms with Crippen molar-refractivity contribution >= 4 is 23.1 Å². The van der Waals surface area contributed by atoms with Crippen LogP contribution >= 0.6 is 11.6 Å². The maximum Gasteiger partial charge on any atom is 0.232 e. The van der Waals surface area contributed by atoms with E-state index in [0.29, 0.717) is 31.3 Å². The van der Waals surface area contributed by atoms with Gasteiger partial charge in [0.15, 0.2) is 11.5 Å². The molecular weight excluding hydrogens is 421 g/mol. The number of morpholine rings is 1. The minimum atomic E-state index is -0.568. The van der Waals surface area contributed by atoms with Gasteiger partial charge in [-0.05, 0) is 38.9 Å². The Morgan fingerprint density at radius 3 is 2.87 bits per heavy atom. The zero-order chi connectivity index (χ0) is 21.1. The second-order valence-electron chi connectivity index (χ2n) is 6.41. The third-order valence-electron chi connectivity index (χ3n) is 4.59. The summed E-state index contributed by atoms with van der Waals surface area (Å²) in [6.07, 6.45) is 0. The molecule has 0 atom stereocenters. The third-order valence-corrected chi connectivity index (χ3v) is 4.88. The maximum absolute atomic E-state index is 13.5. The number of hydrogen-bond acceptors (Lipinski definition) is 10. The molecule has 1 fully saturated rings. The minimum absolute atomic E-state index is 0.0262. The highest BCUT2D eigenvalue weighted by Crippen LogP contribution is 2.24. The van der Waals surface area contributed by atoms with Gasteiger partial charge in [0.05, 0.1) is 24.8 Å². The van der Waals surface area contributed by atoms with Crippen molar-refractivity contribution in [1.82, 2.24) is 35.4 Å². The number of tetrazole rings is 1. The molecule has 14 heteroatoms. The average molecular weight is 438 g/mol. The molecule has 0 unspecified atom stereocenters. The predicted molar refractivity (Wildman–Crippen MR) is 101 cm³/mol. The highest BCUT2D eigenvalue weighted by atomic mass is 35.5. The fraction of sp³-hybridized carbons (Fsp3) is 0.375. The van der Waals surface area contributed by atoms with E-state index in [1.807, 2.05) is 0 Å².